The molecule has 0 radical (unpaired) electrons. The number of benzene rings is 1. The Morgan fingerprint density at radius 2 is 2.00 bits per heavy atom. The summed E-state index contributed by atoms with van der Waals surface area (Å²) in [6, 6.07) is 7.99. The molecule has 1 saturated heterocycles. The smallest absolute Gasteiger partial charge is 0.325 e. The van der Waals surface area contributed by atoms with E-state index in [0.717, 1.165) is 18.7 Å². The molecule has 0 spiro atoms. The summed E-state index contributed by atoms with van der Waals surface area (Å²) in [7, 11) is 3.08. The van der Waals surface area contributed by atoms with E-state index in [0.29, 0.717) is 5.92 Å². The average Bonchev–Trinajstić information content (AvgIpc) is 2.82. The van der Waals surface area contributed by atoms with E-state index >= 15 is 0 Å². The Bertz CT molecular complexity index is 429. The van der Waals surface area contributed by atoms with Gasteiger partial charge in [-0.2, -0.15) is 0 Å². The first-order chi connectivity index (χ1) is 8.59. The zero-order valence-corrected chi connectivity index (χ0v) is 11.0. The van der Waals surface area contributed by atoms with E-state index in [-0.39, 0.29) is 5.97 Å². The standard InChI is InChI=1S/C14H19NO3/c1-14(13(16)18-3)8-11(9-15-14)10-4-6-12(17-2)7-5-10/h4-7,11,15H,8-9H2,1-3H3. The minimum atomic E-state index is -0.570. The van der Waals surface area contributed by atoms with Gasteiger partial charge in [0.2, 0.25) is 0 Å². The largest absolute Gasteiger partial charge is 0.497 e. The van der Waals surface area contributed by atoms with Gasteiger partial charge in [-0.05, 0) is 37.0 Å². The topological polar surface area (TPSA) is 47.6 Å². The fourth-order valence-corrected chi connectivity index (χ4v) is 2.48. The van der Waals surface area contributed by atoms with Gasteiger partial charge >= 0.3 is 5.97 Å². The first kappa shape index (κ1) is 12.9. The number of ether oxygens (including phenoxy) is 2. The van der Waals surface area contributed by atoms with Crippen LogP contribution in [-0.4, -0.2) is 32.3 Å². The molecule has 1 fully saturated rings. The van der Waals surface area contributed by atoms with Crippen LogP contribution >= 0.6 is 0 Å². The zero-order chi connectivity index (χ0) is 13.2. The van der Waals surface area contributed by atoms with E-state index in [1.54, 1.807) is 7.11 Å². The van der Waals surface area contributed by atoms with E-state index in [4.69, 9.17) is 9.47 Å². The second-order valence-electron chi connectivity index (χ2n) is 4.88. The molecule has 2 rings (SSSR count). The van der Waals surface area contributed by atoms with Crippen molar-refractivity contribution in [3.05, 3.63) is 29.8 Å². The minimum Gasteiger partial charge on any atom is -0.497 e. The Labute approximate surface area is 107 Å². The van der Waals surface area contributed by atoms with Crippen molar-refractivity contribution < 1.29 is 14.3 Å². The number of rotatable bonds is 3. The van der Waals surface area contributed by atoms with Crippen LogP contribution in [0.25, 0.3) is 0 Å². The first-order valence-electron chi connectivity index (χ1n) is 6.06. The van der Waals surface area contributed by atoms with E-state index in [1.165, 1.54) is 12.7 Å². The predicted molar refractivity (Wildman–Crippen MR) is 68.8 cm³/mol. The Kier molecular flexibility index (Phi) is 3.57. The number of hydrogen-bond acceptors (Lipinski definition) is 4. The van der Waals surface area contributed by atoms with Crippen LogP contribution in [-0.2, 0) is 9.53 Å². The molecule has 98 valence electrons. The van der Waals surface area contributed by atoms with E-state index in [1.807, 2.05) is 31.2 Å². The van der Waals surface area contributed by atoms with Crippen molar-refractivity contribution in [2.24, 2.45) is 0 Å². The van der Waals surface area contributed by atoms with Crippen molar-refractivity contribution in [1.82, 2.24) is 5.32 Å². The SMILES string of the molecule is COC(=O)C1(C)CC(c2ccc(OC)cc2)CN1. The van der Waals surface area contributed by atoms with Crippen LogP contribution < -0.4 is 10.1 Å². The summed E-state index contributed by atoms with van der Waals surface area (Å²) < 4.78 is 9.98. The molecule has 1 aliphatic rings. The normalized spacial score (nSPS) is 26.9. The van der Waals surface area contributed by atoms with Gasteiger partial charge in [-0.15, -0.1) is 0 Å². The quantitative estimate of drug-likeness (QED) is 0.828. The molecular weight excluding hydrogens is 230 g/mol. The number of nitrogens with one attached hydrogen (secondary N) is 1. The maximum atomic E-state index is 11.7. The molecule has 0 saturated carbocycles. The third-order valence-corrected chi connectivity index (χ3v) is 3.62. The zero-order valence-electron chi connectivity index (χ0n) is 11.0. The van der Waals surface area contributed by atoms with Crippen LogP contribution in [0, 0.1) is 0 Å². The number of carbonyl (C=O) groups is 1. The van der Waals surface area contributed by atoms with Gasteiger partial charge in [-0.25, -0.2) is 0 Å². The van der Waals surface area contributed by atoms with E-state index in [9.17, 15) is 4.79 Å². The lowest BCUT2D eigenvalue weighted by atomic mass is 9.90. The summed E-state index contributed by atoms with van der Waals surface area (Å²) in [6.45, 7) is 2.68. The number of methoxy groups -OCH3 is 2. The van der Waals surface area contributed by atoms with Gasteiger partial charge in [0.15, 0.2) is 0 Å². The maximum Gasteiger partial charge on any atom is 0.325 e. The molecule has 1 heterocycles. The van der Waals surface area contributed by atoms with E-state index in [2.05, 4.69) is 5.32 Å². The highest BCUT2D eigenvalue weighted by molar-refractivity contribution is 5.80. The monoisotopic (exact) mass is 249 g/mol. The third-order valence-electron chi connectivity index (χ3n) is 3.62. The fraction of sp³-hybridized carbons (Fsp3) is 0.500. The Morgan fingerprint density at radius 1 is 1.33 bits per heavy atom. The van der Waals surface area contributed by atoms with Gasteiger partial charge in [0.1, 0.15) is 11.3 Å². The van der Waals surface area contributed by atoms with Crippen LogP contribution in [0.5, 0.6) is 5.75 Å². The highest BCUT2D eigenvalue weighted by atomic mass is 16.5. The molecule has 1 aliphatic heterocycles. The van der Waals surface area contributed by atoms with Crippen LogP contribution in [0.1, 0.15) is 24.8 Å². The summed E-state index contributed by atoms with van der Waals surface area (Å²) in [5, 5.41) is 3.26. The number of esters is 1. The molecule has 0 amide bonds. The Balaban J connectivity index is 2.10. The first-order valence-corrected chi connectivity index (χ1v) is 6.06. The van der Waals surface area contributed by atoms with Gasteiger partial charge in [-0.3, -0.25) is 4.79 Å². The summed E-state index contributed by atoms with van der Waals surface area (Å²) in [6.07, 6.45) is 0.756. The van der Waals surface area contributed by atoms with Crippen LogP contribution in [0.2, 0.25) is 0 Å². The Morgan fingerprint density at radius 3 is 2.56 bits per heavy atom. The molecule has 18 heavy (non-hydrogen) atoms. The van der Waals surface area contributed by atoms with Crippen molar-refractivity contribution in [3.63, 3.8) is 0 Å². The van der Waals surface area contributed by atoms with Gasteiger partial charge < -0.3 is 14.8 Å². The fourth-order valence-electron chi connectivity index (χ4n) is 2.48. The van der Waals surface area contributed by atoms with Gasteiger partial charge in [0, 0.05) is 6.54 Å². The van der Waals surface area contributed by atoms with E-state index < -0.39 is 5.54 Å². The van der Waals surface area contributed by atoms with Crippen molar-refractivity contribution in [3.8, 4) is 5.75 Å². The average molecular weight is 249 g/mol. The molecule has 0 bridgehead atoms. The van der Waals surface area contributed by atoms with Crippen molar-refractivity contribution in [2.75, 3.05) is 20.8 Å². The summed E-state index contributed by atoms with van der Waals surface area (Å²) in [5.41, 5.74) is 0.648. The molecule has 0 aromatic heterocycles. The molecule has 4 nitrogen and oxygen atoms in total. The lowest BCUT2D eigenvalue weighted by molar-refractivity contribution is -0.147. The highest BCUT2D eigenvalue weighted by Gasteiger charge is 2.42. The lowest BCUT2D eigenvalue weighted by Crippen LogP contribution is -2.45. The summed E-state index contributed by atoms with van der Waals surface area (Å²) in [5.74, 6) is 0.985. The van der Waals surface area contributed by atoms with Gasteiger partial charge in [0.25, 0.3) is 0 Å². The van der Waals surface area contributed by atoms with Crippen LogP contribution in [0.3, 0.4) is 0 Å². The third kappa shape index (κ3) is 2.34. The highest BCUT2D eigenvalue weighted by Crippen LogP contribution is 2.33. The van der Waals surface area contributed by atoms with Crippen molar-refractivity contribution in [2.45, 2.75) is 24.8 Å². The van der Waals surface area contributed by atoms with Crippen LogP contribution in [0.15, 0.2) is 24.3 Å². The molecule has 2 unspecified atom stereocenters. The molecular formula is C14H19NO3. The van der Waals surface area contributed by atoms with Gasteiger partial charge in [0.05, 0.1) is 14.2 Å². The van der Waals surface area contributed by atoms with Crippen molar-refractivity contribution >= 4 is 5.97 Å². The number of hydrogen-bond donors (Lipinski definition) is 1. The molecule has 1 aromatic rings. The molecule has 4 heteroatoms. The Hall–Kier alpha value is -1.55. The summed E-state index contributed by atoms with van der Waals surface area (Å²) >= 11 is 0. The van der Waals surface area contributed by atoms with Crippen LogP contribution in [0.4, 0.5) is 0 Å². The maximum absolute atomic E-state index is 11.7. The molecule has 2 atom stereocenters. The second-order valence-corrected chi connectivity index (χ2v) is 4.88. The summed E-state index contributed by atoms with van der Waals surface area (Å²) in [4.78, 5) is 11.7. The number of carbonyl (C=O) groups excluding carboxylic acids is 1. The molecule has 0 aliphatic carbocycles. The molecule has 1 aromatic carbocycles. The van der Waals surface area contributed by atoms with Crippen molar-refractivity contribution in [1.29, 1.82) is 0 Å². The van der Waals surface area contributed by atoms with Gasteiger partial charge in [-0.1, -0.05) is 12.1 Å². The molecule has 1 N–H and O–H groups in total. The lowest BCUT2D eigenvalue weighted by Gasteiger charge is -2.20. The minimum absolute atomic E-state index is 0.196. The predicted octanol–water partition coefficient (Wildman–Crippen LogP) is 1.70. The second kappa shape index (κ2) is 4.98.